The molecule has 3 aromatic rings. The third-order valence-electron chi connectivity index (χ3n) is 2.06. The van der Waals surface area contributed by atoms with Crippen molar-refractivity contribution in [2.24, 2.45) is 5.14 Å². The molecule has 0 aliphatic heterocycles. The third kappa shape index (κ3) is 1.85. The Morgan fingerprint density at radius 2 is 2.00 bits per heavy atom. The monoisotopic (exact) mass is 282 g/mol. The average Bonchev–Trinajstić information content (AvgIpc) is 2.86. The predicted molar refractivity (Wildman–Crippen MR) is 63.3 cm³/mol. The highest BCUT2D eigenvalue weighted by Crippen LogP contribution is 2.21. The molecule has 0 spiro atoms. The normalized spacial score (nSPS) is 12.1. The Morgan fingerprint density at radius 1 is 1.28 bits per heavy atom. The van der Waals surface area contributed by atoms with Gasteiger partial charge in [-0.15, -0.1) is 5.10 Å². The van der Waals surface area contributed by atoms with E-state index in [0.29, 0.717) is 16.5 Å². The minimum Gasteiger partial charge on any atom is -0.235 e. The number of hydrogen-bond acceptors (Lipinski definition) is 7. The highest BCUT2D eigenvalue weighted by Gasteiger charge is 2.17. The van der Waals surface area contributed by atoms with Gasteiger partial charge < -0.3 is 0 Å². The van der Waals surface area contributed by atoms with Crippen molar-refractivity contribution in [3.63, 3.8) is 0 Å². The van der Waals surface area contributed by atoms with E-state index >= 15 is 0 Å². The molecule has 3 aromatic heterocycles. The fourth-order valence-electron chi connectivity index (χ4n) is 1.34. The van der Waals surface area contributed by atoms with Gasteiger partial charge in [0.05, 0.1) is 6.20 Å². The van der Waals surface area contributed by atoms with Crippen molar-refractivity contribution < 1.29 is 8.42 Å². The van der Waals surface area contributed by atoms with Crippen LogP contribution in [0.5, 0.6) is 0 Å². The average molecular weight is 282 g/mol. The molecule has 0 fully saturated rings. The van der Waals surface area contributed by atoms with Crippen molar-refractivity contribution >= 4 is 26.3 Å². The molecule has 0 saturated heterocycles. The molecule has 3 heterocycles. The van der Waals surface area contributed by atoms with E-state index in [-0.39, 0.29) is 4.34 Å². The molecule has 0 aliphatic carbocycles. The minimum absolute atomic E-state index is 0.175. The van der Waals surface area contributed by atoms with Crippen LogP contribution >= 0.6 is 11.3 Å². The first-order valence-electron chi connectivity index (χ1n) is 4.70. The summed E-state index contributed by atoms with van der Waals surface area (Å²) in [6.45, 7) is 0. The quantitative estimate of drug-likeness (QED) is 0.701. The van der Waals surface area contributed by atoms with E-state index in [1.165, 1.54) is 4.52 Å². The summed E-state index contributed by atoms with van der Waals surface area (Å²) in [5.74, 6) is 0.451. The predicted octanol–water partition coefficient (Wildman–Crippen LogP) is -0.105. The highest BCUT2D eigenvalue weighted by molar-refractivity contribution is 7.91. The molecule has 8 nitrogen and oxygen atoms in total. The Balaban J connectivity index is 2.12. The molecule has 92 valence electrons. The van der Waals surface area contributed by atoms with Crippen LogP contribution in [-0.4, -0.2) is 33.0 Å². The number of imidazole rings is 1. The number of sulfonamides is 1. The second kappa shape index (κ2) is 3.80. The zero-order valence-corrected chi connectivity index (χ0v) is 10.4. The molecule has 0 radical (unpaired) electrons. The van der Waals surface area contributed by atoms with E-state index in [2.05, 4.69) is 20.1 Å². The van der Waals surface area contributed by atoms with Crippen LogP contribution in [0.2, 0.25) is 0 Å². The summed E-state index contributed by atoms with van der Waals surface area (Å²) in [4.78, 5) is 12.7. The topological polar surface area (TPSA) is 116 Å². The molecule has 0 aromatic carbocycles. The molecule has 3 rings (SSSR count). The van der Waals surface area contributed by atoms with Crippen molar-refractivity contribution in [1.82, 2.24) is 24.6 Å². The number of hydrogen-bond donors (Lipinski definition) is 1. The largest absolute Gasteiger partial charge is 0.267 e. The molecule has 0 unspecified atom stereocenters. The lowest BCUT2D eigenvalue weighted by Crippen LogP contribution is -2.12. The summed E-state index contributed by atoms with van der Waals surface area (Å²) in [6.07, 6.45) is 4.74. The standard InChI is InChI=1S/C8H6N6O2S2/c9-18(15,16)8-13-14-4-5(12-7(14)17-8)6-10-2-1-3-11-6/h1-4H,(H2,9,15,16). The highest BCUT2D eigenvalue weighted by atomic mass is 32.2. The van der Waals surface area contributed by atoms with Crippen molar-refractivity contribution in [3.8, 4) is 11.5 Å². The van der Waals surface area contributed by atoms with Gasteiger partial charge >= 0.3 is 0 Å². The van der Waals surface area contributed by atoms with Crippen LogP contribution < -0.4 is 5.14 Å². The molecule has 10 heteroatoms. The number of aromatic nitrogens is 5. The van der Waals surface area contributed by atoms with Gasteiger partial charge in [-0.2, -0.15) is 0 Å². The summed E-state index contributed by atoms with van der Waals surface area (Å²) in [6, 6.07) is 1.69. The Hall–Kier alpha value is -1.91. The summed E-state index contributed by atoms with van der Waals surface area (Å²) >= 11 is 0.892. The number of primary sulfonamides is 1. The second-order valence-electron chi connectivity index (χ2n) is 3.34. The zero-order valence-electron chi connectivity index (χ0n) is 8.76. The Kier molecular flexibility index (Phi) is 2.36. The van der Waals surface area contributed by atoms with Crippen LogP contribution in [0.4, 0.5) is 0 Å². The van der Waals surface area contributed by atoms with Gasteiger partial charge in [0, 0.05) is 12.4 Å². The SMILES string of the molecule is NS(=O)(=O)c1nn2cc(-c3ncccn3)nc2s1. The second-order valence-corrected chi connectivity index (χ2v) is 6.03. The molecule has 0 bridgehead atoms. The molecule has 2 N–H and O–H groups in total. The smallest absolute Gasteiger partial charge is 0.235 e. The molecule has 18 heavy (non-hydrogen) atoms. The molecule has 0 amide bonds. The minimum atomic E-state index is -3.80. The maximum Gasteiger partial charge on any atom is 0.267 e. The summed E-state index contributed by atoms with van der Waals surface area (Å²) in [5, 5.41) is 8.82. The van der Waals surface area contributed by atoms with Gasteiger partial charge in [-0.1, -0.05) is 11.3 Å². The number of rotatable bonds is 2. The first kappa shape index (κ1) is 11.2. The molecule has 0 saturated carbocycles. The van der Waals surface area contributed by atoms with Crippen LogP contribution in [0.1, 0.15) is 0 Å². The number of nitrogens with two attached hydrogens (primary N) is 1. The van der Waals surface area contributed by atoms with E-state index < -0.39 is 10.0 Å². The van der Waals surface area contributed by atoms with Crippen LogP contribution in [0.25, 0.3) is 16.5 Å². The van der Waals surface area contributed by atoms with E-state index in [9.17, 15) is 8.42 Å². The van der Waals surface area contributed by atoms with E-state index in [1.807, 2.05) is 0 Å². The van der Waals surface area contributed by atoms with Crippen molar-refractivity contribution in [2.75, 3.05) is 0 Å². The van der Waals surface area contributed by atoms with Gasteiger partial charge in [-0.05, 0) is 6.07 Å². The summed E-state index contributed by atoms with van der Waals surface area (Å²) < 4.78 is 23.4. The van der Waals surface area contributed by atoms with Crippen LogP contribution in [-0.2, 0) is 10.0 Å². The lowest BCUT2D eigenvalue weighted by atomic mass is 10.4. The molecule has 0 atom stereocenters. The summed E-state index contributed by atoms with van der Waals surface area (Å²) in [7, 11) is -3.80. The van der Waals surface area contributed by atoms with Gasteiger partial charge in [0.1, 0.15) is 5.69 Å². The first-order chi connectivity index (χ1) is 8.54. The van der Waals surface area contributed by atoms with Gasteiger partial charge in [0.2, 0.25) is 9.30 Å². The Labute approximate surface area is 105 Å². The van der Waals surface area contributed by atoms with E-state index in [4.69, 9.17) is 5.14 Å². The van der Waals surface area contributed by atoms with Gasteiger partial charge in [-0.25, -0.2) is 33.0 Å². The Morgan fingerprint density at radius 3 is 2.61 bits per heavy atom. The van der Waals surface area contributed by atoms with E-state index in [0.717, 1.165) is 11.3 Å². The van der Waals surface area contributed by atoms with Gasteiger partial charge in [0.25, 0.3) is 10.0 Å². The third-order valence-corrected chi connectivity index (χ3v) is 4.30. The zero-order chi connectivity index (χ0) is 12.8. The molecule has 0 aliphatic rings. The van der Waals surface area contributed by atoms with Crippen molar-refractivity contribution in [3.05, 3.63) is 24.7 Å². The van der Waals surface area contributed by atoms with Crippen LogP contribution in [0.3, 0.4) is 0 Å². The van der Waals surface area contributed by atoms with Gasteiger partial charge in [0.15, 0.2) is 5.82 Å². The van der Waals surface area contributed by atoms with Crippen molar-refractivity contribution in [2.45, 2.75) is 4.34 Å². The van der Waals surface area contributed by atoms with Crippen molar-refractivity contribution in [1.29, 1.82) is 0 Å². The molecular formula is C8H6N6O2S2. The van der Waals surface area contributed by atoms with Crippen LogP contribution in [0, 0.1) is 0 Å². The van der Waals surface area contributed by atoms with E-state index in [1.54, 1.807) is 24.7 Å². The molecular weight excluding hydrogens is 276 g/mol. The maximum absolute atomic E-state index is 11.1. The lowest BCUT2D eigenvalue weighted by molar-refractivity contribution is 0.595. The maximum atomic E-state index is 11.1. The number of nitrogens with zero attached hydrogens (tertiary/aromatic N) is 5. The first-order valence-corrected chi connectivity index (χ1v) is 7.07. The fourth-order valence-corrected chi connectivity index (χ4v) is 2.84. The van der Waals surface area contributed by atoms with Gasteiger partial charge in [-0.3, -0.25) is 0 Å². The Bertz CT molecular complexity index is 775. The fraction of sp³-hybridized carbons (Fsp3) is 0. The lowest BCUT2D eigenvalue weighted by Gasteiger charge is -1.91. The summed E-state index contributed by atoms with van der Waals surface area (Å²) in [5.41, 5.74) is 0.523. The number of fused-ring (bicyclic) bond motifs is 1. The van der Waals surface area contributed by atoms with Crippen LogP contribution in [0.15, 0.2) is 29.0 Å².